The van der Waals surface area contributed by atoms with Gasteiger partial charge in [0.05, 0.1) is 30.5 Å². The zero-order valence-corrected chi connectivity index (χ0v) is 12.9. The maximum atomic E-state index is 12.8. The fourth-order valence-corrected chi connectivity index (χ4v) is 3.74. The standard InChI is InChI=1S/C17H19N3O3/c21-15-10-18-20(13-5-2-1-4-12(13)15)11-17(22)19-8-9-23-16-7-3-6-14(16)19/h1-2,4-5,10,14,16H,3,6-9,11H2/t14-,16-/m0/s1. The van der Waals surface area contributed by atoms with Crippen LogP contribution in [0.15, 0.2) is 35.3 Å². The maximum absolute atomic E-state index is 12.8. The van der Waals surface area contributed by atoms with Gasteiger partial charge in [0.25, 0.3) is 0 Å². The van der Waals surface area contributed by atoms with Crippen molar-refractivity contribution < 1.29 is 9.53 Å². The first-order chi connectivity index (χ1) is 11.2. The molecule has 23 heavy (non-hydrogen) atoms. The van der Waals surface area contributed by atoms with Gasteiger partial charge < -0.3 is 9.64 Å². The summed E-state index contributed by atoms with van der Waals surface area (Å²) in [5.41, 5.74) is 0.580. The third-order valence-electron chi connectivity index (χ3n) is 4.85. The van der Waals surface area contributed by atoms with Gasteiger partial charge in [-0.3, -0.25) is 14.3 Å². The summed E-state index contributed by atoms with van der Waals surface area (Å²) < 4.78 is 7.38. The Morgan fingerprint density at radius 1 is 1.30 bits per heavy atom. The van der Waals surface area contributed by atoms with Gasteiger partial charge in [-0.1, -0.05) is 12.1 Å². The fraction of sp³-hybridized carbons (Fsp3) is 0.471. The van der Waals surface area contributed by atoms with E-state index in [0.29, 0.717) is 24.1 Å². The van der Waals surface area contributed by atoms with Crippen molar-refractivity contribution in [2.24, 2.45) is 0 Å². The zero-order chi connectivity index (χ0) is 15.8. The van der Waals surface area contributed by atoms with E-state index in [9.17, 15) is 9.59 Å². The Morgan fingerprint density at radius 2 is 2.17 bits per heavy atom. The van der Waals surface area contributed by atoms with Gasteiger partial charge in [-0.15, -0.1) is 0 Å². The Balaban J connectivity index is 1.62. The van der Waals surface area contributed by atoms with Crippen LogP contribution in [-0.2, 0) is 16.1 Å². The number of fused-ring (bicyclic) bond motifs is 2. The predicted octanol–water partition coefficient (Wildman–Crippen LogP) is 1.18. The van der Waals surface area contributed by atoms with Gasteiger partial charge in [-0.2, -0.15) is 5.10 Å². The van der Waals surface area contributed by atoms with Crippen LogP contribution in [0.3, 0.4) is 0 Å². The van der Waals surface area contributed by atoms with Crippen molar-refractivity contribution in [2.45, 2.75) is 38.0 Å². The van der Waals surface area contributed by atoms with Crippen LogP contribution in [0.2, 0.25) is 0 Å². The second-order valence-electron chi connectivity index (χ2n) is 6.18. The average molecular weight is 313 g/mol. The van der Waals surface area contributed by atoms with Gasteiger partial charge in [-0.25, -0.2) is 0 Å². The Bertz CT molecular complexity index is 801. The Kier molecular flexibility index (Phi) is 3.61. The number of hydrogen-bond donors (Lipinski definition) is 0. The number of morpholine rings is 1. The number of ether oxygens (including phenoxy) is 1. The van der Waals surface area contributed by atoms with E-state index in [1.54, 1.807) is 10.7 Å². The molecule has 2 heterocycles. The van der Waals surface area contributed by atoms with Crippen LogP contribution in [0, 0.1) is 0 Å². The molecular weight excluding hydrogens is 294 g/mol. The van der Waals surface area contributed by atoms with Crippen molar-refractivity contribution in [3.05, 3.63) is 40.7 Å². The molecule has 0 unspecified atom stereocenters. The Morgan fingerprint density at radius 3 is 3.09 bits per heavy atom. The van der Waals surface area contributed by atoms with Crippen molar-refractivity contribution in [3.8, 4) is 0 Å². The van der Waals surface area contributed by atoms with Crippen molar-refractivity contribution in [2.75, 3.05) is 13.2 Å². The second kappa shape index (κ2) is 5.77. The highest BCUT2D eigenvalue weighted by Gasteiger charge is 2.38. The lowest BCUT2D eigenvalue weighted by Gasteiger charge is -2.37. The van der Waals surface area contributed by atoms with Gasteiger partial charge in [0.15, 0.2) is 0 Å². The van der Waals surface area contributed by atoms with Crippen LogP contribution in [-0.4, -0.2) is 45.9 Å². The van der Waals surface area contributed by atoms with Gasteiger partial charge in [-0.05, 0) is 31.4 Å². The first-order valence-corrected chi connectivity index (χ1v) is 8.10. The summed E-state index contributed by atoms with van der Waals surface area (Å²) >= 11 is 0. The summed E-state index contributed by atoms with van der Waals surface area (Å²) in [6, 6.07) is 7.46. The van der Waals surface area contributed by atoms with Crippen molar-refractivity contribution in [3.63, 3.8) is 0 Å². The highest BCUT2D eigenvalue weighted by Crippen LogP contribution is 2.29. The number of rotatable bonds is 2. The lowest BCUT2D eigenvalue weighted by molar-refractivity contribution is -0.144. The molecule has 0 radical (unpaired) electrons. The predicted molar refractivity (Wildman–Crippen MR) is 85.1 cm³/mol. The molecule has 0 N–H and O–H groups in total. The molecular formula is C17H19N3O3. The van der Waals surface area contributed by atoms with Crippen LogP contribution in [0.1, 0.15) is 19.3 Å². The quantitative estimate of drug-likeness (QED) is 0.835. The highest BCUT2D eigenvalue weighted by molar-refractivity contribution is 5.81. The fourth-order valence-electron chi connectivity index (χ4n) is 3.74. The minimum atomic E-state index is -0.119. The molecule has 2 atom stereocenters. The van der Waals surface area contributed by atoms with Crippen molar-refractivity contribution >= 4 is 16.8 Å². The topological polar surface area (TPSA) is 64.4 Å². The number of benzene rings is 1. The monoisotopic (exact) mass is 313 g/mol. The molecule has 4 rings (SSSR count). The number of para-hydroxylation sites is 1. The lowest BCUT2D eigenvalue weighted by Crippen LogP contribution is -2.52. The molecule has 1 amide bonds. The number of hydrogen-bond acceptors (Lipinski definition) is 4. The Hall–Kier alpha value is -2.21. The van der Waals surface area contributed by atoms with E-state index in [4.69, 9.17) is 4.74 Å². The van der Waals surface area contributed by atoms with Gasteiger partial charge in [0.2, 0.25) is 11.3 Å². The van der Waals surface area contributed by atoms with Crippen LogP contribution in [0.5, 0.6) is 0 Å². The molecule has 1 aromatic heterocycles. The zero-order valence-electron chi connectivity index (χ0n) is 12.9. The van der Waals surface area contributed by atoms with E-state index < -0.39 is 0 Å². The molecule has 0 spiro atoms. The number of aromatic nitrogens is 2. The maximum Gasteiger partial charge on any atom is 0.244 e. The number of carbonyl (C=O) groups excluding carboxylic acids is 1. The lowest BCUT2D eigenvalue weighted by atomic mass is 10.1. The van der Waals surface area contributed by atoms with Crippen LogP contribution >= 0.6 is 0 Å². The smallest absolute Gasteiger partial charge is 0.244 e. The summed E-state index contributed by atoms with van der Waals surface area (Å²) in [7, 11) is 0. The van der Waals surface area contributed by atoms with Crippen molar-refractivity contribution in [1.82, 2.24) is 14.7 Å². The molecule has 2 aliphatic rings. The van der Waals surface area contributed by atoms with Gasteiger partial charge >= 0.3 is 0 Å². The summed E-state index contributed by atoms with van der Waals surface area (Å²) in [6.07, 6.45) is 4.63. The summed E-state index contributed by atoms with van der Waals surface area (Å²) in [5.74, 6) is 0.0477. The molecule has 6 nitrogen and oxygen atoms in total. The van der Waals surface area contributed by atoms with E-state index in [1.807, 2.05) is 23.1 Å². The average Bonchev–Trinajstić information content (AvgIpc) is 3.06. The number of amides is 1. The third kappa shape index (κ3) is 2.53. The first-order valence-electron chi connectivity index (χ1n) is 8.10. The van der Waals surface area contributed by atoms with E-state index in [-0.39, 0.29) is 30.0 Å². The molecule has 0 bridgehead atoms. The van der Waals surface area contributed by atoms with E-state index in [1.165, 1.54) is 6.20 Å². The molecule has 1 saturated carbocycles. The number of carbonyl (C=O) groups is 1. The molecule has 2 aromatic rings. The van der Waals surface area contributed by atoms with Crippen molar-refractivity contribution in [1.29, 1.82) is 0 Å². The van der Waals surface area contributed by atoms with Gasteiger partial charge in [0, 0.05) is 11.9 Å². The molecule has 6 heteroatoms. The second-order valence-corrected chi connectivity index (χ2v) is 6.18. The molecule has 1 saturated heterocycles. The molecule has 1 aliphatic heterocycles. The van der Waals surface area contributed by atoms with Gasteiger partial charge in [0.1, 0.15) is 6.54 Å². The van der Waals surface area contributed by atoms with E-state index >= 15 is 0 Å². The SMILES string of the molecule is O=C(Cn1ncc(=O)c2ccccc21)N1CCO[C@H]2CCC[C@@H]21. The third-order valence-corrected chi connectivity index (χ3v) is 4.85. The van der Waals surface area contributed by atoms with E-state index in [0.717, 1.165) is 19.3 Å². The minimum absolute atomic E-state index is 0.0477. The summed E-state index contributed by atoms with van der Waals surface area (Å²) in [5, 5.41) is 4.75. The number of nitrogens with zero attached hydrogens (tertiary/aromatic N) is 3. The molecule has 2 fully saturated rings. The molecule has 1 aromatic carbocycles. The first kappa shape index (κ1) is 14.4. The van der Waals surface area contributed by atoms with Crippen LogP contribution in [0.25, 0.3) is 10.9 Å². The normalized spacial score (nSPS) is 23.9. The van der Waals surface area contributed by atoms with E-state index in [2.05, 4.69) is 5.10 Å². The van der Waals surface area contributed by atoms with Crippen LogP contribution < -0.4 is 5.43 Å². The largest absolute Gasteiger partial charge is 0.374 e. The molecule has 1 aliphatic carbocycles. The summed E-state index contributed by atoms with van der Waals surface area (Å²) in [6.45, 7) is 1.40. The van der Waals surface area contributed by atoms with Crippen LogP contribution in [0.4, 0.5) is 0 Å². The Labute approximate surface area is 133 Å². The molecule has 120 valence electrons. The summed E-state index contributed by atoms with van der Waals surface area (Å²) in [4.78, 5) is 26.6. The minimum Gasteiger partial charge on any atom is -0.374 e. The highest BCUT2D eigenvalue weighted by atomic mass is 16.5.